The highest BCUT2D eigenvalue weighted by Crippen LogP contribution is 2.28. The second-order valence-electron chi connectivity index (χ2n) is 4.77. The minimum Gasteiger partial charge on any atom is -0.494 e. The van der Waals surface area contributed by atoms with Crippen molar-refractivity contribution >= 4 is 22.3 Å². The van der Waals surface area contributed by atoms with Crippen molar-refractivity contribution in [2.75, 3.05) is 6.61 Å². The van der Waals surface area contributed by atoms with Gasteiger partial charge in [0.05, 0.1) is 12.3 Å². The number of aromatic nitrogens is 2. The summed E-state index contributed by atoms with van der Waals surface area (Å²) in [6.45, 7) is 4.53. The molecule has 3 aromatic rings. The standard InChI is InChI=1S/C16H16N2O3S/c1-3-13-14(15(19)20)22-16-17-12(9-18(13)16)10-5-7-11(8-6-10)21-4-2/h5-9H,3-4H2,1-2H3,(H,19,20). The maximum absolute atomic E-state index is 11.3. The summed E-state index contributed by atoms with van der Waals surface area (Å²) in [4.78, 5) is 16.9. The molecule has 0 saturated carbocycles. The molecule has 0 aliphatic heterocycles. The molecule has 22 heavy (non-hydrogen) atoms. The van der Waals surface area contributed by atoms with E-state index in [9.17, 15) is 9.90 Å². The van der Waals surface area contributed by atoms with E-state index in [1.165, 1.54) is 11.3 Å². The Bertz CT molecular complexity index is 818. The van der Waals surface area contributed by atoms with E-state index in [1.807, 2.05) is 48.7 Å². The molecule has 114 valence electrons. The minimum atomic E-state index is -0.894. The number of aromatic carboxylic acids is 1. The predicted molar refractivity (Wildman–Crippen MR) is 86.0 cm³/mol. The predicted octanol–water partition coefficient (Wildman–Crippen LogP) is 3.72. The van der Waals surface area contributed by atoms with Gasteiger partial charge in [-0.15, -0.1) is 0 Å². The largest absolute Gasteiger partial charge is 0.494 e. The SMILES string of the molecule is CCOc1ccc(-c2cn3c(CC)c(C(=O)O)sc3n2)cc1. The van der Waals surface area contributed by atoms with Crippen LogP contribution in [0, 0.1) is 0 Å². The number of rotatable bonds is 5. The van der Waals surface area contributed by atoms with Crippen molar-refractivity contribution in [3.05, 3.63) is 41.0 Å². The quantitative estimate of drug-likeness (QED) is 0.779. The van der Waals surface area contributed by atoms with Crippen LogP contribution in [0.4, 0.5) is 0 Å². The van der Waals surface area contributed by atoms with Crippen LogP contribution < -0.4 is 4.74 Å². The smallest absolute Gasteiger partial charge is 0.347 e. The van der Waals surface area contributed by atoms with E-state index in [-0.39, 0.29) is 0 Å². The Morgan fingerprint density at radius 1 is 1.32 bits per heavy atom. The van der Waals surface area contributed by atoms with Gasteiger partial charge < -0.3 is 9.84 Å². The Morgan fingerprint density at radius 2 is 2.05 bits per heavy atom. The van der Waals surface area contributed by atoms with Crippen LogP contribution in [0.5, 0.6) is 5.75 Å². The van der Waals surface area contributed by atoms with E-state index in [0.717, 1.165) is 22.7 Å². The molecule has 2 aromatic heterocycles. The molecule has 1 aromatic carbocycles. The lowest BCUT2D eigenvalue weighted by molar-refractivity contribution is 0.0700. The average Bonchev–Trinajstić information content (AvgIpc) is 3.05. The third kappa shape index (κ3) is 2.46. The van der Waals surface area contributed by atoms with E-state index in [2.05, 4.69) is 4.98 Å². The van der Waals surface area contributed by atoms with Gasteiger partial charge in [-0.05, 0) is 37.6 Å². The fourth-order valence-electron chi connectivity index (χ4n) is 2.41. The highest BCUT2D eigenvalue weighted by Gasteiger charge is 2.18. The molecule has 0 atom stereocenters. The van der Waals surface area contributed by atoms with Crippen molar-refractivity contribution in [2.45, 2.75) is 20.3 Å². The number of hydrogen-bond acceptors (Lipinski definition) is 4. The molecule has 0 amide bonds. The highest BCUT2D eigenvalue weighted by molar-refractivity contribution is 7.19. The molecule has 6 heteroatoms. The first-order valence-corrected chi connectivity index (χ1v) is 7.93. The molecule has 0 fully saturated rings. The summed E-state index contributed by atoms with van der Waals surface area (Å²) in [5, 5.41) is 9.24. The zero-order valence-electron chi connectivity index (χ0n) is 12.4. The second-order valence-corrected chi connectivity index (χ2v) is 5.75. The zero-order chi connectivity index (χ0) is 15.7. The summed E-state index contributed by atoms with van der Waals surface area (Å²) < 4.78 is 7.31. The van der Waals surface area contributed by atoms with Gasteiger partial charge in [-0.1, -0.05) is 18.3 Å². The van der Waals surface area contributed by atoms with Crippen LogP contribution in [0.1, 0.15) is 29.2 Å². The lowest BCUT2D eigenvalue weighted by Gasteiger charge is -2.03. The van der Waals surface area contributed by atoms with Gasteiger partial charge in [-0.2, -0.15) is 0 Å². The Kier molecular flexibility index (Phi) is 3.85. The number of carboxylic acids is 1. The number of thiazole rings is 1. The van der Waals surface area contributed by atoms with Gasteiger partial charge in [0.15, 0.2) is 4.96 Å². The van der Waals surface area contributed by atoms with E-state index < -0.39 is 5.97 Å². The zero-order valence-corrected chi connectivity index (χ0v) is 13.2. The Morgan fingerprint density at radius 3 is 2.64 bits per heavy atom. The van der Waals surface area contributed by atoms with Crippen molar-refractivity contribution in [1.29, 1.82) is 0 Å². The summed E-state index contributed by atoms with van der Waals surface area (Å²) in [7, 11) is 0. The number of carboxylic acid groups (broad SMARTS) is 1. The number of imidazole rings is 1. The number of benzene rings is 1. The average molecular weight is 316 g/mol. The molecule has 0 aliphatic carbocycles. The number of aryl methyl sites for hydroxylation is 1. The first-order chi connectivity index (χ1) is 10.6. The molecule has 2 heterocycles. The second kappa shape index (κ2) is 5.81. The van der Waals surface area contributed by atoms with Gasteiger partial charge in [0.25, 0.3) is 0 Å². The Hall–Kier alpha value is -2.34. The Balaban J connectivity index is 2.01. The lowest BCUT2D eigenvalue weighted by Crippen LogP contribution is -1.99. The van der Waals surface area contributed by atoms with Crippen LogP contribution in [0.2, 0.25) is 0 Å². The molecule has 5 nitrogen and oxygen atoms in total. The maximum Gasteiger partial charge on any atom is 0.347 e. The monoisotopic (exact) mass is 316 g/mol. The van der Waals surface area contributed by atoms with E-state index in [4.69, 9.17) is 4.74 Å². The third-order valence-corrected chi connectivity index (χ3v) is 4.49. The molecule has 3 rings (SSSR count). The normalized spacial score (nSPS) is 11.0. The van der Waals surface area contributed by atoms with E-state index >= 15 is 0 Å². The number of nitrogens with zero attached hydrogens (tertiary/aromatic N) is 2. The van der Waals surface area contributed by atoms with Crippen molar-refractivity contribution < 1.29 is 14.6 Å². The van der Waals surface area contributed by atoms with Gasteiger partial charge in [-0.25, -0.2) is 9.78 Å². The van der Waals surface area contributed by atoms with E-state index in [1.54, 1.807) is 0 Å². The van der Waals surface area contributed by atoms with Gasteiger partial charge >= 0.3 is 5.97 Å². The first-order valence-electron chi connectivity index (χ1n) is 7.11. The van der Waals surface area contributed by atoms with Crippen molar-refractivity contribution in [3.63, 3.8) is 0 Å². The van der Waals surface area contributed by atoms with Gasteiger partial charge in [0.2, 0.25) is 0 Å². The molecule has 1 N–H and O–H groups in total. The van der Waals surface area contributed by atoms with Crippen LogP contribution in [0.3, 0.4) is 0 Å². The summed E-state index contributed by atoms with van der Waals surface area (Å²) in [5.74, 6) is -0.0651. The summed E-state index contributed by atoms with van der Waals surface area (Å²) in [5.41, 5.74) is 2.61. The molecule has 0 aliphatic rings. The molecule has 0 radical (unpaired) electrons. The van der Waals surface area contributed by atoms with Gasteiger partial charge in [0, 0.05) is 17.5 Å². The van der Waals surface area contributed by atoms with Crippen LogP contribution in [-0.2, 0) is 6.42 Å². The lowest BCUT2D eigenvalue weighted by atomic mass is 10.1. The van der Waals surface area contributed by atoms with Gasteiger partial charge in [-0.3, -0.25) is 4.40 Å². The molecule has 0 unspecified atom stereocenters. The number of carbonyl (C=O) groups is 1. The van der Waals surface area contributed by atoms with Gasteiger partial charge in [0.1, 0.15) is 10.6 Å². The summed E-state index contributed by atoms with van der Waals surface area (Å²) in [6, 6.07) is 7.74. The summed E-state index contributed by atoms with van der Waals surface area (Å²) in [6.07, 6.45) is 2.55. The fourth-order valence-corrected chi connectivity index (χ4v) is 3.45. The number of fused-ring (bicyclic) bond motifs is 1. The molecular formula is C16H16N2O3S. The van der Waals surface area contributed by atoms with Crippen LogP contribution in [-0.4, -0.2) is 27.1 Å². The molecular weight excluding hydrogens is 300 g/mol. The van der Waals surface area contributed by atoms with Crippen LogP contribution in [0.25, 0.3) is 16.2 Å². The molecule has 0 saturated heterocycles. The van der Waals surface area contributed by atoms with Crippen molar-refractivity contribution in [3.8, 4) is 17.0 Å². The maximum atomic E-state index is 11.3. The minimum absolute atomic E-state index is 0.364. The summed E-state index contributed by atoms with van der Waals surface area (Å²) >= 11 is 1.21. The molecule has 0 spiro atoms. The van der Waals surface area contributed by atoms with Crippen molar-refractivity contribution in [2.24, 2.45) is 0 Å². The van der Waals surface area contributed by atoms with Crippen LogP contribution >= 0.6 is 11.3 Å². The topological polar surface area (TPSA) is 63.8 Å². The first kappa shape index (κ1) is 14.6. The van der Waals surface area contributed by atoms with Crippen LogP contribution in [0.15, 0.2) is 30.5 Å². The van der Waals surface area contributed by atoms with Crippen molar-refractivity contribution in [1.82, 2.24) is 9.38 Å². The third-order valence-electron chi connectivity index (χ3n) is 3.41. The number of ether oxygens (including phenoxy) is 1. The number of hydrogen-bond donors (Lipinski definition) is 1. The molecule has 0 bridgehead atoms. The fraction of sp³-hybridized carbons (Fsp3) is 0.250. The Labute approximate surface area is 131 Å². The van der Waals surface area contributed by atoms with E-state index in [0.29, 0.717) is 22.9 Å². The highest BCUT2D eigenvalue weighted by atomic mass is 32.1.